The molecule has 2 aliphatic heterocycles. The van der Waals surface area contributed by atoms with Crippen molar-refractivity contribution < 1.29 is 4.79 Å². The molecular formula is C19H20N6OS2. The van der Waals surface area contributed by atoms with E-state index in [4.69, 9.17) is 0 Å². The fourth-order valence-electron chi connectivity index (χ4n) is 3.90. The number of carbonyl (C=O) groups is 1. The second-order valence-corrected chi connectivity index (χ2v) is 9.04. The molecule has 0 spiro atoms. The van der Waals surface area contributed by atoms with Crippen LogP contribution in [-0.2, 0) is 4.79 Å². The fraction of sp³-hybridized carbons (Fsp3) is 0.368. The minimum Gasteiger partial charge on any atom is -0.337 e. The van der Waals surface area contributed by atoms with Crippen LogP contribution in [0.4, 0.5) is 11.6 Å². The van der Waals surface area contributed by atoms with Crippen LogP contribution in [0.2, 0.25) is 0 Å². The second kappa shape index (κ2) is 7.29. The topological polar surface area (TPSA) is 77.5 Å². The number of amides is 1. The molecule has 9 heteroatoms. The van der Waals surface area contributed by atoms with Gasteiger partial charge in [0.25, 0.3) is 5.91 Å². The molecule has 1 saturated heterocycles. The first-order chi connectivity index (χ1) is 13.7. The van der Waals surface area contributed by atoms with Crippen LogP contribution >= 0.6 is 23.5 Å². The quantitative estimate of drug-likeness (QED) is 0.748. The molecular weight excluding hydrogens is 392 g/mol. The molecule has 1 aliphatic carbocycles. The molecule has 0 bridgehead atoms. The zero-order valence-electron chi connectivity index (χ0n) is 15.5. The molecule has 28 heavy (non-hydrogen) atoms. The summed E-state index contributed by atoms with van der Waals surface area (Å²) in [5.74, 6) is 0.482. The number of fused-ring (bicyclic) bond motifs is 1. The van der Waals surface area contributed by atoms with Crippen molar-refractivity contribution in [2.75, 3.05) is 11.9 Å². The van der Waals surface area contributed by atoms with E-state index in [9.17, 15) is 4.79 Å². The van der Waals surface area contributed by atoms with Gasteiger partial charge < -0.3 is 4.90 Å². The van der Waals surface area contributed by atoms with Crippen molar-refractivity contribution in [3.8, 4) is 0 Å². The standard InChI is InChI=1S/C19H20N6OS2/c1-24-13-9-5-6-10-14(13)27-17(24)15-16(26)25(12-7-3-2-4-8-12)19(28-15)22-18-20-11-21-23-18/h5-6,9-12H,2-4,7-8H2,1H3,(H,20,21,23)/b17-15-,22-19-. The lowest BCUT2D eigenvalue weighted by molar-refractivity contribution is -0.124. The van der Waals surface area contributed by atoms with E-state index in [-0.39, 0.29) is 11.9 Å². The highest BCUT2D eigenvalue weighted by Gasteiger charge is 2.42. The van der Waals surface area contributed by atoms with E-state index in [2.05, 4.69) is 37.2 Å². The first-order valence-electron chi connectivity index (χ1n) is 9.43. The number of benzene rings is 1. The number of amidine groups is 1. The number of H-pyrrole nitrogens is 1. The summed E-state index contributed by atoms with van der Waals surface area (Å²) >= 11 is 3.10. The lowest BCUT2D eigenvalue weighted by Crippen LogP contribution is -2.40. The van der Waals surface area contributed by atoms with Crippen LogP contribution in [0, 0.1) is 0 Å². The van der Waals surface area contributed by atoms with E-state index in [0.717, 1.165) is 41.3 Å². The zero-order chi connectivity index (χ0) is 19.1. The number of hydrogen-bond donors (Lipinski definition) is 1. The number of nitrogens with zero attached hydrogens (tertiary/aromatic N) is 5. The number of anilines is 1. The number of carbonyl (C=O) groups excluding carboxylic acids is 1. The van der Waals surface area contributed by atoms with E-state index in [1.165, 1.54) is 29.4 Å². The van der Waals surface area contributed by atoms with Gasteiger partial charge in [0, 0.05) is 18.0 Å². The number of hydrogen-bond acceptors (Lipinski definition) is 7. The summed E-state index contributed by atoms with van der Waals surface area (Å²) in [4.78, 5) is 28.2. The Morgan fingerprint density at radius 1 is 1.18 bits per heavy atom. The molecule has 1 aromatic carbocycles. The third-order valence-electron chi connectivity index (χ3n) is 5.29. The third kappa shape index (κ3) is 3.02. The van der Waals surface area contributed by atoms with Gasteiger partial charge in [0.15, 0.2) is 5.17 Å². The van der Waals surface area contributed by atoms with Crippen LogP contribution in [0.1, 0.15) is 32.1 Å². The Kier molecular flexibility index (Phi) is 4.64. The maximum Gasteiger partial charge on any atom is 0.269 e. The normalized spacial score (nSPS) is 24.5. The number of aliphatic imine (C=N–C) groups is 1. The van der Waals surface area contributed by atoms with Gasteiger partial charge in [0.1, 0.15) is 11.2 Å². The summed E-state index contributed by atoms with van der Waals surface area (Å²) in [6.45, 7) is 0. The highest BCUT2D eigenvalue weighted by atomic mass is 32.2. The lowest BCUT2D eigenvalue weighted by atomic mass is 9.94. The monoisotopic (exact) mass is 412 g/mol. The molecule has 2 aromatic rings. The van der Waals surface area contributed by atoms with Gasteiger partial charge in [-0.25, -0.2) is 5.10 Å². The summed E-state index contributed by atoms with van der Waals surface area (Å²) in [7, 11) is 2.02. The molecule has 7 nitrogen and oxygen atoms in total. The van der Waals surface area contributed by atoms with E-state index in [0.29, 0.717) is 11.1 Å². The fourth-order valence-corrected chi connectivity index (χ4v) is 6.28. The van der Waals surface area contributed by atoms with Crippen molar-refractivity contribution in [1.82, 2.24) is 20.1 Å². The van der Waals surface area contributed by atoms with E-state index in [1.54, 1.807) is 11.8 Å². The summed E-state index contributed by atoms with van der Waals surface area (Å²) in [5.41, 5.74) is 1.13. The van der Waals surface area contributed by atoms with Gasteiger partial charge in [-0.2, -0.15) is 15.1 Å². The minimum absolute atomic E-state index is 0.0531. The third-order valence-corrected chi connectivity index (χ3v) is 7.70. The Labute approximate surface area is 171 Å². The van der Waals surface area contributed by atoms with Crippen molar-refractivity contribution in [1.29, 1.82) is 0 Å². The average Bonchev–Trinajstić information content (AvgIpc) is 3.42. The van der Waals surface area contributed by atoms with Crippen molar-refractivity contribution >= 4 is 46.2 Å². The summed E-state index contributed by atoms with van der Waals surface area (Å²) in [6.07, 6.45) is 7.02. The maximum absolute atomic E-state index is 13.5. The predicted molar refractivity (Wildman–Crippen MR) is 113 cm³/mol. The largest absolute Gasteiger partial charge is 0.337 e. The number of rotatable bonds is 2. The Balaban J connectivity index is 1.55. The Hall–Kier alpha value is -2.26. The smallest absolute Gasteiger partial charge is 0.269 e. The Bertz CT molecular complexity index is 965. The van der Waals surface area contributed by atoms with Crippen LogP contribution in [-0.4, -0.2) is 44.2 Å². The van der Waals surface area contributed by atoms with Crippen LogP contribution < -0.4 is 4.90 Å². The molecule has 1 saturated carbocycles. The predicted octanol–water partition coefficient (Wildman–Crippen LogP) is 4.11. The molecule has 144 valence electrons. The first kappa shape index (κ1) is 17.8. The number of aromatic nitrogens is 3. The van der Waals surface area contributed by atoms with Crippen molar-refractivity contribution in [3.05, 3.63) is 40.5 Å². The van der Waals surface area contributed by atoms with Gasteiger partial charge in [-0.1, -0.05) is 43.2 Å². The van der Waals surface area contributed by atoms with Crippen molar-refractivity contribution in [3.63, 3.8) is 0 Å². The minimum atomic E-state index is 0.0531. The molecule has 1 aromatic heterocycles. The van der Waals surface area contributed by atoms with Gasteiger partial charge in [0.05, 0.1) is 10.7 Å². The van der Waals surface area contributed by atoms with Crippen LogP contribution in [0.25, 0.3) is 0 Å². The van der Waals surface area contributed by atoms with Crippen LogP contribution in [0.5, 0.6) is 0 Å². The SMILES string of the molecule is CN1/C(=C2/S/C(=N\c3ncn[nH]3)N(C3CCCCC3)C2=O)Sc2ccccc21. The van der Waals surface area contributed by atoms with E-state index >= 15 is 0 Å². The zero-order valence-corrected chi connectivity index (χ0v) is 17.1. The van der Waals surface area contributed by atoms with Gasteiger partial charge in [-0.05, 0) is 36.7 Å². The summed E-state index contributed by atoms with van der Waals surface area (Å²) in [6, 6.07) is 8.44. The number of thioether (sulfide) groups is 2. The van der Waals surface area contributed by atoms with Crippen LogP contribution in [0.3, 0.4) is 0 Å². The first-order valence-corrected chi connectivity index (χ1v) is 11.1. The molecule has 1 amide bonds. The number of para-hydroxylation sites is 1. The average molecular weight is 413 g/mol. The molecule has 3 aliphatic rings. The second-order valence-electron chi connectivity index (χ2n) is 7.04. The van der Waals surface area contributed by atoms with E-state index < -0.39 is 0 Å². The van der Waals surface area contributed by atoms with Crippen LogP contribution in [0.15, 0.2) is 50.4 Å². The van der Waals surface area contributed by atoms with E-state index in [1.807, 2.05) is 24.1 Å². The van der Waals surface area contributed by atoms with Gasteiger partial charge in [0.2, 0.25) is 5.95 Å². The maximum atomic E-state index is 13.5. The van der Waals surface area contributed by atoms with Gasteiger partial charge in [-0.15, -0.1) is 0 Å². The molecule has 0 atom stereocenters. The highest BCUT2D eigenvalue weighted by Crippen LogP contribution is 2.50. The van der Waals surface area contributed by atoms with Crippen molar-refractivity contribution in [2.24, 2.45) is 4.99 Å². The van der Waals surface area contributed by atoms with Gasteiger partial charge in [-0.3, -0.25) is 9.69 Å². The lowest BCUT2D eigenvalue weighted by Gasteiger charge is -2.30. The molecule has 5 rings (SSSR count). The molecule has 1 N–H and O–H groups in total. The highest BCUT2D eigenvalue weighted by molar-refractivity contribution is 8.19. The Morgan fingerprint density at radius 3 is 2.75 bits per heavy atom. The van der Waals surface area contributed by atoms with Crippen molar-refractivity contribution in [2.45, 2.75) is 43.0 Å². The molecule has 2 fully saturated rings. The summed E-state index contributed by atoms with van der Waals surface area (Å²) < 4.78 is 0. The number of aromatic amines is 1. The number of nitrogens with one attached hydrogen (secondary N) is 1. The Morgan fingerprint density at radius 2 is 2.00 bits per heavy atom. The molecule has 0 unspecified atom stereocenters. The molecule has 3 heterocycles. The molecule has 0 radical (unpaired) electrons. The van der Waals surface area contributed by atoms with Gasteiger partial charge >= 0.3 is 0 Å². The summed E-state index contributed by atoms with van der Waals surface area (Å²) in [5, 5.41) is 8.32.